The second-order valence-electron chi connectivity index (χ2n) is 3.54. The van der Waals surface area contributed by atoms with Gasteiger partial charge < -0.3 is 9.47 Å². The summed E-state index contributed by atoms with van der Waals surface area (Å²) in [6.07, 6.45) is 2.83. The molecule has 1 fully saturated rings. The lowest BCUT2D eigenvalue weighted by atomic mass is 9.90. The van der Waals surface area contributed by atoms with Gasteiger partial charge in [-0.1, -0.05) is 11.6 Å². The number of ether oxygens (including phenoxy) is 2. The Hall–Kier alpha value is -1.13. The van der Waals surface area contributed by atoms with E-state index in [1.165, 1.54) is 6.20 Å². The molecule has 2 atom stereocenters. The Morgan fingerprint density at radius 1 is 1.56 bits per heavy atom. The number of carbonyl (C=O) groups is 1. The fourth-order valence-electron chi connectivity index (χ4n) is 1.58. The van der Waals surface area contributed by atoms with Gasteiger partial charge in [0.1, 0.15) is 11.9 Å². The first kappa shape index (κ1) is 11.4. The monoisotopic (exact) mass is 241 g/mol. The lowest BCUT2D eigenvalue weighted by molar-refractivity contribution is -0.154. The molecule has 0 spiro atoms. The topological polar surface area (TPSA) is 48.4 Å². The Bertz CT molecular complexity index is 397. The van der Waals surface area contributed by atoms with Crippen molar-refractivity contribution in [1.82, 2.24) is 4.98 Å². The van der Waals surface area contributed by atoms with E-state index < -0.39 is 6.10 Å². The predicted molar refractivity (Wildman–Crippen MR) is 58.7 cm³/mol. The van der Waals surface area contributed by atoms with Crippen molar-refractivity contribution in [2.45, 2.75) is 25.6 Å². The molecule has 0 aromatic carbocycles. The molecule has 1 heterocycles. The van der Waals surface area contributed by atoms with Crippen LogP contribution in [0.5, 0.6) is 5.75 Å². The molecule has 0 saturated heterocycles. The van der Waals surface area contributed by atoms with Crippen LogP contribution in [0.4, 0.5) is 0 Å². The molecule has 86 valence electrons. The fourth-order valence-corrected chi connectivity index (χ4v) is 1.75. The first-order valence-electron chi connectivity index (χ1n) is 5.12. The Balaban J connectivity index is 1.98. The van der Waals surface area contributed by atoms with Gasteiger partial charge in [0.25, 0.3) is 0 Å². The van der Waals surface area contributed by atoms with Gasteiger partial charge in [0.05, 0.1) is 11.2 Å². The van der Waals surface area contributed by atoms with Crippen LogP contribution < -0.4 is 4.74 Å². The molecule has 1 aliphatic carbocycles. The normalized spacial score (nSPS) is 24.0. The quantitative estimate of drug-likeness (QED) is 0.807. The maximum atomic E-state index is 11.2. The Morgan fingerprint density at radius 2 is 2.38 bits per heavy atom. The third-order valence-corrected chi connectivity index (χ3v) is 2.58. The van der Waals surface area contributed by atoms with Crippen molar-refractivity contribution in [2.75, 3.05) is 6.61 Å². The van der Waals surface area contributed by atoms with E-state index in [4.69, 9.17) is 21.1 Å². The van der Waals surface area contributed by atoms with Crippen LogP contribution in [0.3, 0.4) is 0 Å². The number of hydrogen-bond acceptors (Lipinski definition) is 4. The molecule has 5 heteroatoms. The number of rotatable bonds is 4. The van der Waals surface area contributed by atoms with Crippen LogP contribution in [0.2, 0.25) is 5.02 Å². The van der Waals surface area contributed by atoms with Crippen molar-refractivity contribution in [3.8, 4) is 5.75 Å². The second-order valence-corrected chi connectivity index (χ2v) is 3.98. The summed E-state index contributed by atoms with van der Waals surface area (Å²) in [5.74, 6) is 0.650. The van der Waals surface area contributed by atoms with Gasteiger partial charge >= 0.3 is 0 Å². The van der Waals surface area contributed by atoms with Crippen LogP contribution in [0.25, 0.3) is 0 Å². The molecule has 2 rings (SSSR count). The SMILES string of the molecule is CCOC1C(=O)CC1Oc1cncc(Cl)c1. The summed E-state index contributed by atoms with van der Waals surface area (Å²) in [4.78, 5) is 15.1. The highest BCUT2D eigenvalue weighted by atomic mass is 35.5. The molecule has 0 bridgehead atoms. The molecule has 0 N–H and O–H groups in total. The Labute approximate surface area is 98.5 Å². The number of ketones is 1. The van der Waals surface area contributed by atoms with Crippen LogP contribution >= 0.6 is 11.6 Å². The van der Waals surface area contributed by atoms with E-state index >= 15 is 0 Å². The molecule has 1 saturated carbocycles. The van der Waals surface area contributed by atoms with Crippen molar-refractivity contribution >= 4 is 17.4 Å². The van der Waals surface area contributed by atoms with Crippen molar-refractivity contribution in [1.29, 1.82) is 0 Å². The van der Waals surface area contributed by atoms with Crippen molar-refractivity contribution in [2.24, 2.45) is 0 Å². The van der Waals surface area contributed by atoms with Gasteiger partial charge in [0, 0.05) is 25.3 Å². The molecular weight excluding hydrogens is 230 g/mol. The predicted octanol–water partition coefficient (Wildman–Crippen LogP) is 1.86. The molecule has 1 aromatic rings. The third kappa shape index (κ3) is 2.33. The second kappa shape index (κ2) is 4.80. The molecule has 1 aliphatic rings. The lowest BCUT2D eigenvalue weighted by Gasteiger charge is -2.34. The largest absolute Gasteiger partial charge is 0.485 e. The standard InChI is InChI=1S/C11H12ClNO3/c1-2-15-11-9(14)4-10(11)16-8-3-7(12)5-13-6-8/h3,5-6,10-11H,2,4H2,1H3. The highest BCUT2D eigenvalue weighted by molar-refractivity contribution is 6.30. The summed E-state index contributed by atoms with van der Waals surface area (Å²) < 4.78 is 10.9. The van der Waals surface area contributed by atoms with Crippen LogP contribution in [0.1, 0.15) is 13.3 Å². The zero-order valence-electron chi connectivity index (χ0n) is 8.85. The highest BCUT2D eigenvalue weighted by Gasteiger charge is 2.42. The Kier molecular flexibility index (Phi) is 3.41. The minimum absolute atomic E-state index is 0.0850. The summed E-state index contributed by atoms with van der Waals surface area (Å²) in [6.45, 7) is 2.35. The number of nitrogens with zero attached hydrogens (tertiary/aromatic N) is 1. The molecule has 0 aliphatic heterocycles. The number of hydrogen-bond donors (Lipinski definition) is 0. The van der Waals surface area contributed by atoms with Gasteiger partial charge in [-0.2, -0.15) is 0 Å². The average Bonchev–Trinajstić information content (AvgIpc) is 2.26. The summed E-state index contributed by atoms with van der Waals surface area (Å²) in [5.41, 5.74) is 0. The summed E-state index contributed by atoms with van der Waals surface area (Å²) in [5, 5.41) is 0.510. The van der Waals surface area contributed by atoms with Crippen LogP contribution in [0, 0.1) is 0 Å². The van der Waals surface area contributed by atoms with E-state index in [-0.39, 0.29) is 11.9 Å². The average molecular weight is 242 g/mol. The molecule has 0 amide bonds. The van der Waals surface area contributed by atoms with Crippen LogP contribution in [0.15, 0.2) is 18.5 Å². The van der Waals surface area contributed by atoms with Gasteiger partial charge in [-0.3, -0.25) is 9.78 Å². The van der Waals surface area contributed by atoms with Crippen LogP contribution in [-0.2, 0) is 9.53 Å². The fraction of sp³-hybridized carbons (Fsp3) is 0.455. The van der Waals surface area contributed by atoms with Crippen LogP contribution in [-0.4, -0.2) is 29.6 Å². The number of pyridine rings is 1. The van der Waals surface area contributed by atoms with E-state index in [1.54, 1.807) is 12.3 Å². The maximum absolute atomic E-state index is 11.2. The minimum Gasteiger partial charge on any atom is -0.485 e. The maximum Gasteiger partial charge on any atom is 0.169 e. The van der Waals surface area contributed by atoms with Gasteiger partial charge in [0.15, 0.2) is 11.9 Å². The lowest BCUT2D eigenvalue weighted by Crippen LogP contribution is -2.52. The van der Waals surface area contributed by atoms with Gasteiger partial charge in [0.2, 0.25) is 0 Å². The minimum atomic E-state index is -0.441. The van der Waals surface area contributed by atoms with Crippen molar-refractivity contribution < 1.29 is 14.3 Å². The highest BCUT2D eigenvalue weighted by Crippen LogP contribution is 2.26. The molecule has 4 nitrogen and oxygen atoms in total. The van der Waals surface area contributed by atoms with E-state index in [2.05, 4.69) is 4.98 Å². The molecule has 16 heavy (non-hydrogen) atoms. The molecule has 0 radical (unpaired) electrons. The number of Topliss-reactive ketones (excluding diaryl/α,β-unsaturated/α-hetero) is 1. The first-order valence-corrected chi connectivity index (χ1v) is 5.50. The zero-order valence-corrected chi connectivity index (χ0v) is 9.61. The molecule has 2 unspecified atom stereocenters. The molecular formula is C11H12ClNO3. The first-order chi connectivity index (χ1) is 7.70. The summed E-state index contributed by atoms with van der Waals surface area (Å²) >= 11 is 5.78. The summed E-state index contributed by atoms with van der Waals surface area (Å²) in [7, 11) is 0. The smallest absolute Gasteiger partial charge is 0.169 e. The van der Waals surface area contributed by atoms with Gasteiger partial charge in [-0.25, -0.2) is 0 Å². The van der Waals surface area contributed by atoms with E-state index in [9.17, 15) is 4.79 Å². The Morgan fingerprint density at radius 3 is 3.00 bits per heavy atom. The van der Waals surface area contributed by atoms with Gasteiger partial charge in [-0.05, 0) is 6.92 Å². The molecule has 1 aromatic heterocycles. The van der Waals surface area contributed by atoms with Gasteiger partial charge in [-0.15, -0.1) is 0 Å². The van der Waals surface area contributed by atoms with E-state index in [0.717, 1.165) is 0 Å². The van der Waals surface area contributed by atoms with Crippen molar-refractivity contribution in [3.63, 3.8) is 0 Å². The van der Waals surface area contributed by atoms with E-state index in [1.807, 2.05) is 6.92 Å². The third-order valence-electron chi connectivity index (χ3n) is 2.37. The summed E-state index contributed by atoms with van der Waals surface area (Å²) in [6, 6.07) is 1.67. The number of aromatic nitrogens is 1. The number of halogens is 1. The number of carbonyl (C=O) groups excluding carboxylic acids is 1. The van der Waals surface area contributed by atoms with Crippen molar-refractivity contribution in [3.05, 3.63) is 23.5 Å². The van der Waals surface area contributed by atoms with E-state index in [0.29, 0.717) is 23.8 Å². The zero-order chi connectivity index (χ0) is 11.5.